The summed E-state index contributed by atoms with van der Waals surface area (Å²) < 4.78 is 4.97. The van der Waals surface area contributed by atoms with Crippen LogP contribution in [-0.4, -0.2) is 29.1 Å². The van der Waals surface area contributed by atoms with E-state index < -0.39 is 0 Å². The molecule has 0 amide bonds. The van der Waals surface area contributed by atoms with Crippen LogP contribution in [0.15, 0.2) is 4.52 Å². The maximum atomic E-state index is 5.70. The van der Waals surface area contributed by atoms with Gasteiger partial charge in [0.2, 0.25) is 5.89 Å². The molecule has 14 heavy (non-hydrogen) atoms. The van der Waals surface area contributed by atoms with Crippen molar-refractivity contribution in [2.75, 3.05) is 14.1 Å². The zero-order chi connectivity index (χ0) is 10.6. The molecule has 0 saturated carbocycles. The Balaban J connectivity index is 2.64. The van der Waals surface area contributed by atoms with Crippen LogP contribution in [0, 0.1) is 12.3 Å². The Morgan fingerprint density at radius 1 is 1.64 bits per heavy atom. The summed E-state index contributed by atoms with van der Waals surface area (Å²) in [5, 5.41) is 3.78. The van der Waals surface area contributed by atoms with E-state index in [4.69, 9.17) is 16.7 Å². The Labute approximate surface area is 83.3 Å². The highest BCUT2D eigenvalue weighted by Gasteiger charge is 2.13. The van der Waals surface area contributed by atoms with Crippen molar-refractivity contribution in [1.29, 1.82) is 0 Å². The highest BCUT2D eigenvalue weighted by atomic mass is 16.5. The third-order valence-corrected chi connectivity index (χ3v) is 1.60. The summed E-state index contributed by atoms with van der Waals surface area (Å²) in [6.07, 6.45) is 5.53. The minimum Gasteiger partial charge on any atom is -0.338 e. The lowest BCUT2D eigenvalue weighted by atomic mass is 10.2. The quantitative estimate of drug-likeness (QED) is 0.691. The molecule has 0 spiro atoms. The van der Waals surface area contributed by atoms with E-state index in [0.29, 0.717) is 24.7 Å². The van der Waals surface area contributed by atoms with Crippen LogP contribution >= 0.6 is 0 Å². The van der Waals surface area contributed by atoms with Crippen LogP contribution in [0.25, 0.3) is 0 Å². The van der Waals surface area contributed by atoms with Crippen LogP contribution in [0.2, 0.25) is 0 Å². The lowest BCUT2D eigenvalue weighted by molar-refractivity contribution is 0.337. The molecule has 0 radical (unpaired) electrons. The zero-order valence-electron chi connectivity index (χ0n) is 8.40. The molecule has 1 rings (SSSR count). The molecule has 0 saturated heterocycles. The molecular weight excluding hydrogens is 180 g/mol. The third kappa shape index (κ3) is 2.83. The van der Waals surface area contributed by atoms with Gasteiger partial charge in [-0.25, -0.2) is 0 Å². The van der Waals surface area contributed by atoms with Crippen LogP contribution in [0.5, 0.6) is 0 Å². The standard InChI is InChI=1S/C9H14N4O/c1-4-5-7(10)9-11-8(12-14-9)6-13(2)3/h1,7H,5-6,10H2,2-3H3. The predicted octanol–water partition coefficient (Wildman–Crippen LogP) is 0.154. The Morgan fingerprint density at radius 2 is 2.36 bits per heavy atom. The molecule has 1 unspecified atom stereocenters. The number of hydrogen-bond donors (Lipinski definition) is 1. The number of nitrogens with two attached hydrogens (primary N) is 1. The maximum Gasteiger partial charge on any atom is 0.244 e. The van der Waals surface area contributed by atoms with Gasteiger partial charge in [-0.1, -0.05) is 5.16 Å². The van der Waals surface area contributed by atoms with Crippen molar-refractivity contribution < 1.29 is 4.52 Å². The highest BCUT2D eigenvalue weighted by Crippen LogP contribution is 2.10. The Morgan fingerprint density at radius 3 is 2.93 bits per heavy atom. The number of rotatable bonds is 4. The summed E-state index contributed by atoms with van der Waals surface area (Å²) in [6.45, 7) is 0.631. The van der Waals surface area contributed by atoms with Crippen LogP contribution in [-0.2, 0) is 6.54 Å². The number of hydrogen-bond acceptors (Lipinski definition) is 5. The molecule has 5 nitrogen and oxygen atoms in total. The van der Waals surface area contributed by atoms with E-state index in [1.54, 1.807) is 0 Å². The highest BCUT2D eigenvalue weighted by molar-refractivity contribution is 4.98. The molecule has 0 bridgehead atoms. The van der Waals surface area contributed by atoms with Crippen molar-refractivity contribution >= 4 is 0 Å². The van der Waals surface area contributed by atoms with Gasteiger partial charge in [0.15, 0.2) is 5.82 Å². The van der Waals surface area contributed by atoms with E-state index >= 15 is 0 Å². The van der Waals surface area contributed by atoms with Crippen LogP contribution < -0.4 is 5.73 Å². The molecule has 0 aliphatic heterocycles. The summed E-state index contributed by atoms with van der Waals surface area (Å²) in [6, 6.07) is -0.358. The number of nitrogens with zero attached hydrogens (tertiary/aromatic N) is 3. The predicted molar refractivity (Wildman–Crippen MR) is 52.1 cm³/mol. The second-order valence-corrected chi connectivity index (χ2v) is 3.30. The van der Waals surface area contributed by atoms with Gasteiger partial charge in [0, 0.05) is 6.42 Å². The van der Waals surface area contributed by atoms with E-state index in [0.717, 1.165) is 0 Å². The first-order valence-corrected chi connectivity index (χ1v) is 4.29. The van der Waals surface area contributed by atoms with Crippen LogP contribution in [0.4, 0.5) is 0 Å². The molecular formula is C9H14N4O. The summed E-state index contributed by atoms with van der Waals surface area (Å²) in [5.74, 6) is 3.48. The van der Waals surface area contributed by atoms with Gasteiger partial charge < -0.3 is 15.2 Å². The first-order chi connectivity index (χ1) is 6.63. The fourth-order valence-corrected chi connectivity index (χ4v) is 0.979. The van der Waals surface area contributed by atoms with Gasteiger partial charge in [0.05, 0.1) is 12.6 Å². The molecule has 0 aromatic carbocycles. The van der Waals surface area contributed by atoms with E-state index in [1.165, 1.54) is 0 Å². The summed E-state index contributed by atoms with van der Waals surface area (Å²) in [4.78, 5) is 6.07. The molecule has 5 heteroatoms. The zero-order valence-corrected chi connectivity index (χ0v) is 8.40. The minimum absolute atomic E-state index is 0.358. The molecule has 76 valence electrons. The fourth-order valence-electron chi connectivity index (χ4n) is 0.979. The monoisotopic (exact) mass is 194 g/mol. The summed E-state index contributed by atoms with van der Waals surface area (Å²) in [7, 11) is 3.86. The second-order valence-electron chi connectivity index (χ2n) is 3.30. The lowest BCUT2D eigenvalue weighted by Gasteiger charge is -2.03. The summed E-state index contributed by atoms with van der Waals surface area (Å²) in [5.41, 5.74) is 5.70. The van der Waals surface area contributed by atoms with Crippen LogP contribution in [0.1, 0.15) is 24.2 Å². The van der Waals surface area contributed by atoms with E-state index in [2.05, 4.69) is 16.1 Å². The van der Waals surface area contributed by atoms with Crippen molar-refractivity contribution in [3.05, 3.63) is 11.7 Å². The average Bonchev–Trinajstić information content (AvgIpc) is 2.52. The van der Waals surface area contributed by atoms with Crippen molar-refractivity contribution in [1.82, 2.24) is 15.0 Å². The number of aromatic nitrogens is 2. The minimum atomic E-state index is -0.358. The summed E-state index contributed by atoms with van der Waals surface area (Å²) >= 11 is 0. The van der Waals surface area contributed by atoms with Crippen molar-refractivity contribution in [3.8, 4) is 12.3 Å². The Kier molecular flexibility index (Phi) is 3.63. The largest absolute Gasteiger partial charge is 0.338 e. The number of terminal acetylenes is 1. The Hall–Kier alpha value is -1.38. The molecule has 1 heterocycles. The van der Waals surface area contributed by atoms with Gasteiger partial charge in [-0.2, -0.15) is 4.98 Å². The van der Waals surface area contributed by atoms with E-state index in [1.807, 2.05) is 19.0 Å². The normalized spacial score (nSPS) is 12.8. The van der Waals surface area contributed by atoms with Gasteiger partial charge >= 0.3 is 0 Å². The molecule has 0 aliphatic rings. The van der Waals surface area contributed by atoms with Crippen LogP contribution in [0.3, 0.4) is 0 Å². The molecule has 1 aromatic heterocycles. The van der Waals surface area contributed by atoms with Crippen molar-refractivity contribution in [2.24, 2.45) is 5.73 Å². The first-order valence-electron chi connectivity index (χ1n) is 4.29. The lowest BCUT2D eigenvalue weighted by Crippen LogP contribution is -2.13. The van der Waals surface area contributed by atoms with Gasteiger partial charge in [0.1, 0.15) is 0 Å². The van der Waals surface area contributed by atoms with E-state index in [-0.39, 0.29) is 6.04 Å². The smallest absolute Gasteiger partial charge is 0.244 e. The molecule has 0 aliphatic carbocycles. The van der Waals surface area contributed by atoms with E-state index in [9.17, 15) is 0 Å². The SMILES string of the molecule is C#CCC(N)c1nc(CN(C)C)no1. The van der Waals surface area contributed by atoms with Gasteiger partial charge in [-0.3, -0.25) is 0 Å². The fraction of sp³-hybridized carbons (Fsp3) is 0.556. The third-order valence-electron chi connectivity index (χ3n) is 1.60. The van der Waals surface area contributed by atoms with Gasteiger partial charge in [-0.15, -0.1) is 12.3 Å². The van der Waals surface area contributed by atoms with Crippen molar-refractivity contribution in [3.63, 3.8) is 0 Å². The van der Waals surface area contributed by atoms with Gasteiger partial charge in [0.25, 0.3) is 0 Å². The second kappa shape index (κ2) is 4.74. The average molecular weight is 194 g/mol. The molecule has 1 aromatic rings. The molecule has 1 atom stereocenters. The van der Waals surface area contributed by atoms with Crippen molar-refractivity contribution in [2.45, 2.75) is 19.0 Å². The Bertz CT molecular complexity index is 326. The molecule has 2 N–H and O–H groups in total. The van der Waals surface area contributed by atoms with Gasteiger partial charge in [-0.05, 0) is 14.1 Å². The maximum absolute atomic E-state index is 5.70. The first kappa shape index (κ1) is 10.7. The molecule has 0 fully saturated rings. The topological polar surface area (TPSA) is 68.2 Å².